The van der Waals surface area contributed by atoms with Gasteiger partial charge in [0.05, 0.1) is 24.3 Å². The summed E-state index contributed by atoms with van der Waals surface area (Å²) in [6.45, 7) is 13.3. The zero-order valence-corrected chi connectivity index (χ0v) is 21.1. The molecule has 2 fully saturated rings. The second-order valence-corrected chi connectivity index (χ2v) is 9.53. The van der Waals surface area contributed by atoms with Gasteiger partial charge in [-0.3, -0.25) is 9.69 Å². The van der Waals surface area contributed by atoms with Gasteiger partial charge < -0.3 is 23.6 Å². The number of anilines is 1. The van der Waals surface area contributed by atoms with Crippen molar-refractivity contribution in [1.82, 2.24) is 24.5 Å². The molecule has 35 heavy (non-hydrogen) atoms. The molecule has 9 heteroatoms. The molecule has 3 aromatic rings. The first kappa shape index (κ1) is 24.0. The molecular weight excluding hydrogens is 444 g/mol. The molecule has 1 aromatic carbocycles. The number of piperazine rings is 1. The van der Waals surface area contributed by atoms with Crippen LogP contribution < -0.4 is 10.3 Å². The lowest BCUT2D eigenvalue weighted by Crippen LogP contribution is -2.44. The molecule has 0 spiro atoms. The number of hydrogen-bond donors (Lipinski definition) is 0. The van der Waals surface area contributed by atoms with Gasteiger partial charge >= 0.3 is 0 Å². The van der Waals surface area contributed by atoms with E-state index in [1.54, 1.807) is 0 Å². The van der Waals surface area contributed by atoms with Crippen molar-refractivity contribution in [2.45, 2.75) is 33.2 Å². The summed E-state index contributed by atoms with van der Waals surface area (Å²) in [5.41, 5.74) is 3.88. The minimum Gasteiger partial charge on any atom is -0.379 e. The number of aryl methyl sites for hydroxylation is 2. The van der Waals surface area contributed by atoms with Crippen LogP contribution in [0, 0.1) is 0 Å². The SMILES string of the molecule is CCc1nc(-c2cn(CCN3CCOCC3)c3cc(N4CCN(C)CC4)c(CC)cc3c2=O)no1. The summed E-state index contributed by atoms with van der Waals surface area (Å²) in [6.07, 6.45) is 3.44. The quantitative estimate of drug-likeness (QED) is 0.510. The maximum atomic E-state index is 13.7. The Balaban J connectivity index is 1.61. The number of rotatable bonds is 7. The highest BCUT2D eigenvalue weighted by Gasteiger charge is 2.21. The van der Waals surface area contributed by atoms with Gasteiger partial charge in [-0.05, 0) is 31.2 Å². The van der Waals surface area contributed by atoms with E-state index in [0.29, 0.717) is 23.7 Å². The van der Waals surface area contributed by atoms with Crippen LogP contribution in [0.1, 0.15) is 25.3 Å². The molecule has 2 saturated heterocycles. The Morgan fingerprint density at radius 2 is 1.74 bits per heavy atom. The van der Waals surface area contributed by atoms with Gasteiger partial charge in [0.1, 0.15) is 0 Å². The van der Waals surface area contributed by atoms with Crippen molar-refractivity contribution in [3.8, 4) is 11.4 Å². The van der Waals surface area contributed by atoms with E-state index in [1.165, 1.54) is 11.3 Å². The fraction of sp³-hybridized carbons (Fsp3) is 0.577. The molecule has 0 bridgehead atoms. The van der Waals surface area contributed by atoms with Gasteiger partial charge in [0.25, 0.3) is 0 Å². The van der Waals surface area contributed by atoms with Crippen LogP contribution in [0.3, 0.4) is 0 Å². The Morgan fingerprint density at radius 1 is 0.971 bits per heavy atom. The molecule has 2 aromatic heterocycles. The molecule has 0 N–H and O–H groups in total. The zero-order chi connectivity index (χ0) is 24.4. The lowest BCUT2D eigenvalue weighted by molar-refractivity contribution is 0.0365. The number of fused-ring (bicyclic) bond motifs is 1. The third-order valence-electron chi connectivity index (χ3n) is 7.28. The molecule has 0 atom stereocenters. The lowest BCUT2D eigenvalue weighted by atomic mass is 10.0. The number of pyridine rings is 1. The highest BCUT2D eigenvalue weighted by atomic mass is 16.5. The van der Waals surface area contributed by atoms with E-state index < -0.39 is 0 Å². The van der Waals surface area contributed by atoms with E-state index in [-0.39, 0.29) is 5.43 Å². The molecule has 0 aliphatic carbocycles. The van der Waals surface area contributed by atoms with E-state index in [4.69, 9.17) is 9.26 Å². The normalized spacial score (nSPS) is 18.0. The highest BCUT2D eigenvalue weighted by molar-refractivity contribution is 5.87. The Labute approximate surface area is 206 Å². The molecule has 4 heterocycles. The molecular formula is C26H36N6O3. The van der Waals surface area contributed by atoms with Gasteiger partial charge in [-0.2, -0.15) is 4.98 Å². The molecule has 9 nitrogen and oxygen atoms in total. The Bertz CT molecular complexity index is 1220. The second kappa shape index (κ2) is 10.5. The summed E-state index contributed by atoms with van der Waals surface area (Å²) in [7, 11) is 2.17. The highest BCUT2D eigenvalue weighted by Crippen LogP contribution is 2.29. The fourth-order valence-corrected chi connectivity index (χ4v) is 5.02. The lowest BCUT2D eigenvalue weighted by Gasteiger charge is -2.35. The van der Waals surface area contributed by atoms with Gasteiger partial charge in [0.15, 0.2) is 0 Å². The minimum atomic E-state index is -0.0364. The average Bonchev–Trinajstić information content (AvgIpc) is 3.38. The van der Waals surface area contributed by atoms with Gasteiger partial charge in [0, 0.05) is 76.0 Å². The van der Waals surface area contributed by atoms with E-state index in [0.717, 1.165) is 82.9 Å². The number of morpholine rings is 1. The number of ether oxygens (including phenoxy) is 1. The Morgan fingerprint density at radius 3 is 2.43 bits per heavy atom. The van der Waals surface area contributed by atoms with Crippen LogP contribution in [-0.2, 0) is 24.1 Å². The Hall–Kier alpha value is -2.75. The molecule has 188 valence electrons. The monoisotopic (exact) mass is 480 g/mol. The maximum Gasteiger partial charge on any atom is 0.226 e. The number of aromatic nitrogens is 3. The summed E-state index contributed by atoms with van der Waals surface area (Å²) in [4.78, 5) is 25.4. The van der Waals surface area contributed by atoms with Crippen LogP contribution in [0.2, 0.25) is 0 Å². The molecule has 5 rings (SSSR count). The molecule has 2 aliphatic rings. The van der Waals surface area contributed by atoms with Gasteiger partial charge in [-0.25, -0.2) is 0 Å². The topological polar surface area (TPSA) is 79.9 Å². The van der Waals surface area contributed by atoms with Gasteiger partial charge in [-0.1, -0.05) is 19.0 Å². The number of hydrogen-bond acceptors (Lipinski definition) is 8. The third-order valence-corrected chi connectivity index (χ3v) is 7.28. The van der Waals surface area contributed by atoms with Crippen molar-refractivity contribution in [3.63, 3.8) is 0 Å². The summed E-state index contributed by atoms with van der Waals surface area (Å²) in [6, 6.07) is 4.33. The van der Waals surface area contributed by atoms with Crippen LogP contribution in [0.5, 0.6) is 0 Å². The predicted octanol–water partition coefficient (Wildman–Crippen LogP) is 2.26. The smallest absolute Gasteiger partial charge is 0.226 e. The first-order chi connectivity index (χ1) is 17.1. The largest absolute Gasteiger partial charge is 0.379 e. The van der Waals surface area contributed by atoms with Crippen molar-refractivity contribution in [1.29, 1.82) is 0 Å². The van der Waals surface area contributed by atoms with Crippen LogP contribution in [0.25, 0.3) is 22.3 Å². The molecule has 0 saturated carbocycles. The third kappa shape index (κ3) is 4.98. The standard InChI is InChI=1S/C26H36N6O3/c1-4-19-16-20-23(17-22(19)31-9-6-29(3)7-10-31)32(11-8-30-12-14-34-15-13-30)18-21(25(20)33)26-27-24(5-2)35-28-26/h16-18H,4-15H2,1-3H3. The number of nitrogens with zero attached hydrogens (tertiary/aromatic N) is 6. The van der Waals surface area contributed by atoms with E-state index >= 15 is 0 Å². The van der Waals surface area contributed by atoms with Crippen molar-refractivity contribution in [2.75, 3.05) is 71.0 Å². The number of benzene rings is 1. The van der Waals surface area contributed by atoms with Crippen molar-refractivity contribution in [2.24, 2.45) is 0 Å². The summed E-state index contributed by atoms with van der Waals surface area (Å²) in [5, 5.41) is 4.84. The van der Waals surface area contributed by atoms with Gasteiger partial charge in [-0.15, -0.1) is 0 Å². The number of likely N-dealkylation sites (N-methyl/N-ethyl adjacent to an activating group) is 1. The molecule has 0 unspecified atom stereocenters. The van der Waals surface area contributed by atoms with Gasteiger partial charge in [0.2, 0.25) is 17.1 Å². The van der Waals surface area contributed by atoms with Crippen LogP contribution in [-0.4, -0.2) is 90.6 Å². The fourth-order valence-electron chi connectivity index (χ4n) is 5.02. The summed E-state index contributed by atoms with van der Waals surface area (Å²) in [5.74, 6) is 0.911. The maximum absolute atomic E-state index is 13.7. The van der Waals surface area contributed by atoms with Crippen molar-refractivity contribution < 1.29 is 9.26 Å². The summed E-state index contributed by atoms with van der Waals surface area (Å²) < 4.78 is 13.1. The first-order valence-electron chi connectivity index (χ1n) is 12.8. The van der Waals surface area contributed by atoms with E-state index in [2.05, 4.69) is 55.5 Å². The molecule has 0 amide bonds. The van der Waals surface area contributed by atoms with Crippen LogP contribution in [0.15, 0.2) is 27.6 Å². The van der Waals surface area contributed by atoms with Crippen LogP contribution in [0.4, 0.5) is 5.69 Å². The van der Waals surface area contributed by atoms with Crippen LogP contribution >= 0.6 is 0 Å². The molecule has 2 aliphatic heterocycles. The molecule has 0 radical (unpaired) electrons. The Kier molecular flexibility index (Phi) is 7.17. The predicted molar refractivity (Wildman–Crippen MR) is 137 cm³/mol. The van der Waals surface area contributed by atoms with E-state index in [1.807, 2.05) is 13.1 Å². The minimum absolute atomic E-state index is 0.0364. The summed E-state index contributed by atoms with van der Waals surface area (Å²) >= 11 is 0. The van der Waals surface area contributed by atoms with Crippen molar-refractivity contribution in [3.05, 3.63) is 40.0 Å². The second-order valence-electron chi connectivity index (χ2n) is 9.53. The zero-order valence-electron chi connectivity index (χ0n) is 21.1. The van der Waals surface area contributed by atoms with E-state index in [9.17, 15) is 4.79 Å². The average molecular weight is 481 g/mol. The van der Waals surface area contributed by atoms with Crippen molar-refractivity contribution >= 4 is 16.6 Å². The first-order valence-corrected chi connectivity index (χ1v) is 12.8.